The number of hydrogen-bond donors (Lipinski definition) is 1. The van der Waals surface area contributed by atoms with E-state index in [9.17, 15) is 0 Å². The summed E-state index contributed by atoms with van der Waals surface area (Å²) in [5.41, 5.74) is 8.73. The zero-order chi connectivity index (χ0) is 10.5. The molecule has 0 aliphatic carbocycles. The maximum atomic E-state index is 3.44. The zero-order valence-corrected chi connectivity index (χ0v) is 8.96. The van der Waals surface area contributed by atoms with Crippen molar-refractivity contribution >= 4 is 5.69 Å². The van der Waals surface area contributed by atoms with Gasteiger partial charge in [0.1, 0.15) is 0 Å². The van der Waals surface area contributed by atoms with Crippen LogP contribution < -0.4 is 5.32 Å². The highest BCUT2D eigenvalue weighted by Crippen LogP contribution is 2.25. The SMILES string of the molecule is CCC=C=C=C[C@@H]1Cc2ccccc2N1. The Kier molecular flexibility index (Phi) is 3.09. The number of hydrogen-bond acceptors (Lipinski definition) is 1. The van der Waals surface area contributed by atoms with Crippen LogP contribution in [0, 0.1) is 0 Å². The second-order valence-corrected chi connectivity index (χ2v) is 3.68. The molecule has 1 aromatic carbocycles. The van der Waals surface area contributed by atoms with Gasteiger partial charge in [-0.15, -0.1) is 0 Å². The van der Waals surface area contributed by atoms with Crippen molar-refractivity contribution in [3.05, 3.63) is 53.4 Å². The highest BCUT2D eigenvalue weighted by molar-refractivity contribution is 5.57. The maximum absolute atomic E-state index is 3.44. The zero-order valence-electron chi connectivity index (χ0n) is 8.96. The van der Waals surface area contributed by atoms with Crippen LogP contribution in [0.5, 0.6) is 0 Å². The fourth-order valence-corrected chi connectivity index (χ4v) is 1.74. The molecule has 0 bridgehead atoms. The second-order valence-electron chi connectivity index (χ2n) is 3.68. The third kappa shape index (κ3) is 2.41. The first-order valence-electron chi connectivity index (χ1n) is 5.40. The van der Waals surface area contributed by atoms with Crippen LogP contribution in [-0.2, 0) is 6.42 Å². The van der Waals surface area contributed by atoms with Gasteiger partial charge >= 0.3 is 0 Å². The quantitative estimate of drug-likeness (QED) is 0.717. The van der Waals surface area contributed by atoms with Crippen LogP contribution in [0.1, 0.15) is 18.9 Å². The van der Waals surface area contributed by atoms with Crippen molar-refractivity contribution in [1.29, 1.82) is 0 Å². The molecule has 1 nitrogen and oxygen atoms in total. The Hall–Kier alpha value is -1.68. The minimum Gasteiger partial charge on any atom is -0.378 e. The van der Waals surface area contributed by atoms with Crippen molar-refractivity contribution in [3.63, 3.8) is 0 Å². The average molecular weight is 197 g/mol. The predicted molar refractivity (Wildman–Crippen MR) is 64.0 cm³/mol. The Balaban J connectivity index is 2.08. The van der Waals surface area contributed by atoms with Gasteiger partial charge < -0.3 is 5.32 Å². The first-order valence-corrected chi connectivity index (χ1v) is 5.40. The van der Waals surface area contributed by atoms with Crippen molar-refractivity contribution in [1.82, 2.24) is 0 Å². The van der Waals surface area contributed by atoms with E-state index in [1.807, 2.05) is 12.2 Å². The fraction of sp³-hybridized carbons (Fsp3) is 0.286. The van der Waals surface area contributed by atoms with E-state index in [0.29, 0.717) is 6.04 Å². The molecule has 1 aromatic rings. The molecule has 1 heteroatoms. The van der Waals surface area contributed by atoms with Crippen LogP contribution >= 0.6 is 0 Å². The number of fused-ring (bicyclic) bond motifs is 1. The number of allylic oxidation sites excluding steroid dienone is 1. The van der Waals surface area contributed by atoms with Crippen molar-refractivity contribution in [3.8, 4) is 0 Å². The van der Waals surface area contributed by atoms with Gasteiger partial charge in [-0.25, -0.2) is 0 Å². The molecule has 76 valence electrons. The van der Waals surface area contributed by atoms with Gasteiger partial charge in [-0.3, -0.25) is 0 Å². The van der Waals surface area contributed by atoms with Gasteiger partial charge in [-0.05, 0) is 36.6 Å². The van der Waals surface area contributed by atoms with Crippen LogP contribution in [0.2, 0.25) is 0 Å². The monoisotopic (exact) mass is 197 g/mol. The van der Waals surface area contributed by atoms with Gasteiger partial charge in [0, 0.05) is 5.69 Å². The van der Waals surface area contributed by atoms with E-state index >= 15 is 0 Å². The average Bonchev–Trinajstić information content (AvgIpc) is 2.67. The molecular weight excluding hydrogens is 182 g/mol. The molecular formula is C14H15N. The number of anilines is 1. The molecule has 0 radical (unpaired) electrons. The van der Waals surface area contributed by atoms with E-state index in [1.54, 1.807) is 0 Å². The third-order valence-corrected chi connectivity index (χ3v) is 2.47. The number of nitrogens with one attached hydrogen (secondary N) is 1. The summed E-state index contributed by atoms with van der Waals surface area (Å²) in [5.74, 6) is 0. The number of rotatable bonds is 2. The third-order valence-electron chi connectivity index (χ3n) is 2.47. The Morgan fingerprint density at radius 3 is 3.07 bits per heavy atom. The van der Waals surface area contributed by atoms with Gasteiger partial charge in [-0.2, -0.15) is 0 Å². The van der Waals surface area contributed by atoms with E-state index in [4.69, 9.17) is 0 Å². The van der Waals surface area contributed by atoms with Crippen molar-refractivity contribution in [2.45, 2.75) is 25.8 Å². The van der Waals surface area contributed by atoms with Crippen LogP contribution in [0.25, 0.3) is 0 Å². The van der Waals surface area contributed by atoms with Gasteiger partial charge in [0.05, 0.1) is 6.04 Å². The van der Waals surface area contributed by atoms with E-state index in [1.165, 1.54) is 11.3 Å². The van der Waals surface area contributed by atoms with Crippen LogP contribution in [0.15, 0.2) is 47.9 Å². The molecule has 1 N–H and O–H groups in total. The summed E-state index contributed by atoms with van der Waals surface area (Å²) in [4.78, 5) is 0. The van der Waals surface area contributed by atoms with Gasteiger partial charge in [0.15, 0.2) is 0 Å². The molecule has 1 atom stereocenters. The van der Waals surface area contributed by atoms with Crippen molar-refractivity contribution in [2.24, 2.45) is 0 Å². The Morgan fingerprint density at radius 1 is 1.40 bits per heavy atom. The molecule has 0 saturated carbocycles. The highest BCUT2D eigenvalue weighted by Gasteiger charge is 2.16. The van der Waals surface area contributed by atoms with Gasteiger partial charge in [0.2, 0.25) is 0 Å². The Morgan fingerprint density at radius 2 is 2.27 bits per heavy atom. The smallest absolute Gasteiger partial charge is 0.0565 e. The minimum atomic E-state index is 0.375. The Bertz CT molecular complexity index is 407. The molecule has 1 heterocycles. The Labute approximate surface area is 90.8 Å². The molecule has 2 rings (SSSR count). The van der Waals surface area contributed by atoms with E-state index in [2.05, 4.69) is 48.0 Å². The summed E-state index contributed by atoms with van der Waals surface area (Å²) >= 11 is 0. The second kappa shape index (κ2) is 4.70. The lowest BCUT2D eigenvalue weighted by atomic mass is 10.1. The topological polar surface area (TPSA) is 12.0 Å². The number of para-hydroxylation sites is 1. The lowest BCUT2D eigenvalue weighted by molar-refractivity contribution is 0.926. The van der Waals surface area contributed by atoms with Gasteiger partial charge in [0.25, 0.3) is 0 Å². The summed E-state index contributed by atoms with van der Waals surface area (Å²) in [5, 5.41) is 3.44. The van der Waals surface area contributed by atoms with Crippen molar-refractivity contribution in [2.75, 3.05) is 5.32 Å². The highest BCUT2D eigenvalue weighted by atomic mass is 14.9. The first kappa shape index (κ1) is 9.86. The molecule has 15 heavy (non-hydrogen) atoms. The molecule has 1 aliphatic rings. The number of benzene rings is 1. The van der Waals surface area contributed by atoms with E-state index < -0.39 is 0 Å². The summed E-state index contributed by atoms with van der Waals surface area (Å²) in [6, 6.07) is 8.81. The lowest BCUT2D eigenvalue weighted by Gasteiger charge is -2.01. The molecule has 1 aliphatic heterocycles. The van der Waals surface area contributed by atoms with Crippen LogP contribution in [-0.4, -0.2) is 6.04 Å². The summed E-state index contributed by atoms with van der Waals surface area (Å²) in [7, 11) is 0. The maximum Gasteiger partial charge on any atom is 0.0565 e. The molecule has 0 aromatic heterocycles. The van der Waals surface area contributed by atoms with Crippen LogP contribution in [0.3, 0.4) is 0 Å². The largest absolute Gasteiger partial charge is 0.378 e. The summed E-state index contributed by atoms with van der Waals surface area (Å²) in [6.07, 6.45) is 6.10. The molecule has 0 fully saturated rings. The molecule has 0 unspecified atom stereocenters. The van der Waals surface area contributed by atoms with E-state index in [0.717, 1.165) is 12.8 Å². The van der Waals surface area contributed by atoms with Gasteiger partial charge in [-0.1, -0.05) is 36.6 Å². The first-order chi connectivity index (χ1) is 7.40. The minimum absolute atomic E-state index is 0.375. The lowest BCUT2D eigenvalue weighted by Crippen LogP contribution is -2.10. The van der Waals surface area contributed by atoms with Crippen LogP contribution in [0.4, 0.5) is 5.69 Å². The predicted octanol–water partition coefficient (Wildman–Crippen LogP) is 3.30. The summed E-state index contributed by atoms with van der Waals surface area (Å²) < 4.78 is 0. The van der Waals surface area contributed by atoms with E-state index in [-0.39, 0.29) is 0 Å². The molecule has 0 spiro atoms. The van der Waals surface area contributed by atoms with Crippen molar-refractivity contribution < 1.29 is 0 Å². The molecule has 0 saturated heterocycles. The summed E-state index contributed by atoms with van der Waals surface area (Å²) in [6.45, 7) is 2.10. The fourth-order valence-electron chi connectivity index (χ4n) is 1.74. The standard InChI is InChI=1S/C14H15N/c1-2-3-4-5-9-13-11-12-8-6-7-10-14(12)15-13/h3,6-10,13,15H,2,11H2,1H3/t13-/m1/s1. The normalized spacial score (nSPS) is 17.0. The molecule has 0 amide bonds.